The molecule has 0 unspecified atom stereocenters. The molecule has 1 aromatic heterocycles. The predicted octanol–water partition coefficient (Wildman–Crippen LogP) is 1.81. The van der Waals surface area contributed by atoms with Gasteiger partial charge in [-0.1, -0.05) is 6.07 Å². The van der Waals surface area contributed by atoms with Gasteiger partial charge >= 0.3 is 6.43 Å². The number of alkyl halides is 2. The number of nitrogens with zero attached hydrogens (tertiary/aromatic N) is 3. The molecular weight excluding hydrogens is 455 g/mol. The van der Waals surface area contributed by atoms with Crippen LogP contribution < -0.4 is 15.5 Å². The molecule has 2 heterocycles. The van der Waals surface area contributed by atoms with Gasteiger partial charge < -0.3 is 20.3 Å². The average molecular weight is 481 g/mol. The van der Waals surface area contributed by atoms with Gasteiger partial charge in [0.05, 0.1) is 31.9 Å². The first-order chi connectivity index (χ1) is 16.5. The van der Waals surface area contributed by atoms with Crippen LogP contribution in [0.15, 0.2) is 42.7 Å². The second-order valence-electron chi connectivity index (χ2n) is 7.49. The molecule has 1 amide bonds. The highest BCUT2D eigenvalue weighted by Crippen LogP contribution is 2.24. The number of nitrogens with one attached hydrogen (secondary N) is 2. The molecule has 3 rings (SSSR count). The van der Waals surface area contributed by atoms with Gasteiger partial charge in [-0.05, 0) is 29.8 Å². The Labute approximate surface area is 194 Å². The van der Waals surface area contributed by atoms with Crippen molar-refractivity contribution in [1.29, 1.82) is 0 Å². The molecule has 0 bridgehead atoms. The quantitative estimate of drug-likeness (QED) is 0.470. The number of anilines is 2. The largest absolute Gasteiger partial charge is 0.461 e. The molecule has 2 aromatic rings. The molecular formula is C22H26F3N5O4. The fourth-order valence-electron chi connectivity index (χ4n) is 3.39. The number of carbonyl (C=O) groups is 2. The number of benzene rings is 1. The number of amides is 1. The second-order valence-corrected chi connectivity index (χ2v) is 7.49. The van der Waals surface area contributed by atoms with E-state index in [1.165, 1.54) is 6.07 Å². The maximum Gasteiger partial charge on any atom is 0.315 e. The summed E-state index contributed by atoms with van der Waals surface area (Å²) < 4.78 is 44.2. The summed E-state index contributed by atoms with van der Waals surface area (Å²) in [6.45, 7) is 2.45. The van der Waals surface area contributed by atoms with Crippen molar-refractivity contribution < 1.29 is 32.3 Å². The van der Waals surface area contributed by atoms with Gasteiger partial charge in [0, 0.05) is 37.7 Å². The minimum absolute atomic E-state index is 0.0120. The van der Waals surface area contributed by atoms with Gasteiger partial charge in [-0.2, -0.15) is 13.8 Å². The van der Waals surface area contributed by atoms with Crippen LogP contribution in [0.2, 0.25) is 0 Å². The summed E-state index contributed by atoms with van der Waals surface area (Å²) in [5.41, 5.74) is 1.84. The van der Waals surface area contributed by atoms with Crippen LogP contribution in [0.25, 0.3) is 0 Å². The zero-order valence-electron chi connectivity index (χ0n) is 18.3. The average Bonchev–Trinajstić information content (AvgIpc) is 3.06. The lowest BCUT2D eigenvalue weighted by atomic mass is 10.2. The number of hydrogen-bond acceptors (Lipinski definition) is 8. The summed E-state index contributed by atoms with van der Waals surface area (Å²) in [5, 5.41) is 6.68. The van der Waals surface area contributed by atoms with Crippen LogP contribution in [0.4, 0.5) is 24.5 Å². The lowest BCUT2D eigenvalue weighted by molar-refractivity contribution is -0.154. The molecule has 12 heteroatoms. The maximum atomic E-state index is 14.9. The van der Waals surface area contributed by atoms with Crippen molar-refractivity contribution in [3.8, 4) is 0 Å². The van der Waals surface area contributed by atoms with E-state index in [4.69, 9.17) is 9.57 Å². The molecule has 34 heavy (non-hydrogen) atoms. The molecule has 0 aliphatic carbocycles. The summed E-state index contributed by atoms with van der Waals surface area (Å²) in [6, 6.07) is 8.40. The smallest absolute Gasteiger partial charge is 0.315 e. The Morgan fingerprint density at radius 3 is 2.79 bits per heavy atom. The zero-order valence-corrected chi connectivity index (χ0v) is 18.3. The summed E-state index contributed by atoms with van der Waals surface area (Å²) in [6.07, 6.45) is -0.597. The number of hydroxylamine groups is 2. The third-order valence-corrected chi connectivity index (χ3v) is 5.11. The first-order valence-corrected chi connectivity index (χ1v) is 10.7. The molecule has 0 saturated carbocycles. The molecule has 1 aliphatic heterocycles. The van der Waals surface area contributed by atoms with Crippen molar-refractivity contribution in [2.24, 2.45) is 0 Å². The SMILES string of the molecule is O=CO[C@@H](CNC(=O)C(F)F)CNc1ccc(N2CCON(Cc3cccnc3)CC2)c(F)c1. The van der Waals surface area contributed by atoms with Crippen molar-refractivity contribution in [3.63, 3.8) is 0 Å². The van der Waals surface area contributed by atoms with Crippen LogP contribution >= 0.6 is 0 Å². The lowest BCUT2D eigenvalue weighted by Crippen LogP contribution is -2.39. The highest BCUT2D eigenvalue weighted by Gasteiger charge is 2.20. The van der Waals surface area contributed by atoms with E-state index in [1.807, 2.05) is 27.4 Å². The molecule has 1 fully saturated rings. The summed E-state index contributed by atoms with van der Waals surface area (Å²) >= 11 is 0. The Hall–Kier alpha value is -3.38. The first-order valence-electron chi connectivity index (χ1n) is 10.7. The minimum Gasteiger partial charge on any atom is -0.461 e. The van der Waals surface area contributed by atoms with E-state index in [1.54, 1.807) is 24.5 Å². The van der Waals surface area contributed by atoms with Crippen molar-refractivity contribution in [2.45, 2.75) is 19.1 Å². The Kier molecular flexibility index (Phi) is 9.47. The second kappa shape index (κ2) is 12.8. The fourth-order valence-corrected chi connectivity index (χ4v) is 3.39. The topological polar surface area (TPSA) is 96.0 Å². The Balaban J connectivity index is 1.53. The molecule has 9 nitrogen and oxygen atoms in total. The van der Waals surface area contributed by atoms with Gasteiger partial charge in [0.2, 0.25) is 0 Å². The number of rotatable bonds is 11. The number of halogens is 3. The third kappa shape index (κ3) is 7.59. The fraction of sp³-hybridized carbons (Fsp3) is 0.409. The standard InChI is InChI=1S/C22H26F3N5O4/c23-19-10-17(27-12-18(33-15-31)13-28-22(32)21(24)25)3-4-20(19)29-6-7-30(34-9-8-29)14-16-2-1-5-26-11-16/h1-5,10-11,15,18,21,27H,6-9,12-14H2,(H,28,32)/t18-/m1/s1. The predicted molar refractivity (Wildman–Crippen MR) is 118 cm³/mol. The van der Waals surface area contributed by atoms with Gasteiger partial charge in [0.1, 0.15) is 11.9 Å². The number of hydrogen-bond donors (Lipinski definition) is 2. The van der Waals surface area contributed by atoms with Crippen LogP contribution in [-0.4, -0.2) is 74.3 Å². The monoisotopic (exact) mass is 481 g/mol. The summed E-state index contributed by atoms with van der Waals surface area (Å²) in [7, 11) is 0. The van der Waals surface area contributed by atoms with Gasteiger partial charge in [0.25, 0.3) is 12.4 Å². The van der Waals surface area contributed by atoms with Gasteiger partial charge in [-0.15, -0.1) is 0 Å². The van der Waals surface area contributed by atoms with Crippen LogP contribution in [0.3, 0.4) is 0 Å². The molecule has 184 valence electrons. The highest BCUT2D eigenvalue weighted by atomic mass is 19.3. The van der Waals surface area contributed by atoms with Gasteiger partial charge in [-0.3, -0.25) is 19.4 Å². The maximum absolute atomic E-state index is 14.9. The van der Waals surface area contributed by atoms with Crippen LogP contribution in [0.1, 0.15) is 5.56 Å². The number of aromatic nitrogens is 1. The number of pyridine rings is 1. The Bertz CT molecular complexity index is 938. The minimum atomic E-state index is -3.17. The van der Waals surface area contributed by atoms with E-state index in [0.717, 1.165) is 5.56 Å². The van der Waals surface area contributed by atoms with Crippen LogP contribution in [0, 0.1) is 5.82 Å². The number of carbonyl (C=O) groups excluding carboxylic acids is 2. The van der Waals surface area contributed by atoms with Crippen LogP contribution in [0.5, 0.6) is 0 Å². The van der Waals surface area contributed by atoms with Crippen molar-refractivity contribution in [1.82, 2.24) is 15.4 Å². The van der Waals surface area contributed by atoms with E-state index in [-0.39, 0.29) is 19.6 Å². The van der Waals surface area contributed by atoms with E-state index >= 15 is 0 Å². The normalized spacial score (nSPS) is 15.5. The highest BCUT2D eigenvalue weighted by molar-refractivity contribution is 5.79. The lowest BCUT2D eigenvalue weighted by Gasteiger charge is -2.23. The Morgan fingerprint density at radius 2 is 2.09 bits per heavy atom. The van der Waals surface area contributed by atoms with Crippen molar-refractivity contribution in [2.75, 3.05) is 49.5 Å². The molecule has 0 radical (unpaired) electrons. The zero-order chi connectivity index (χ0) is 24.3. The van der Waals surface area contributed by atoms with Gasteiger partial charge in [0.15, 0.2) is 0 Å². The molecule has 2 N–H and O–H groups in total. The molecule has 1 atom stereocenters. The van der Waals surface area contributed by atoms with E-state index in [9.17, 15) is 22.8 Å². The third-order valence-electron chi connectivity index (χ3n) is 5.11. The van der Waals surface area contributed by atoms with Crippen LogP contribution in [-0.2, 0) is 25.7 Å². The van der Waals surface area contributed by atoms with E-state index < -0.39 is 24.3 Å². The molecule has 1 aromatic carbocycles. The Morgan fingerprint density at radius 1 is 1.24 bits per heavy atom. The molecule has 1 saturated heterocycles. The summed E-state index contributed by atoms with van der Waals surface area (Å²) in [5.74, 6) is -1.92. The molecule has 1 aliphatic rings. The first kappa shape index (κ1) is 25.2. The van der Waals surface area contributed by atoms with E-state index in [2.05, 4.69) is 10.3 Å². The summed E-state index contributed by atoms with van der Waals surface area (Å²) in [4.78, 5) is 33.4. The number of ether oxygens (including phenoxy) is 1. The van der Waals surface area contributed by atoms with Gasteiger partial charge in [-0.25, -0.2) is 4.39 Å². The molecule has 0 spiro atoms. The van der Waals surface area contributed by atoms with Crippen molar-refractivity contribution >= 4 is 23.8 Å². The van der Waals surface area contributed by atoms with E-state index in [0.29, 0.717) is 44.2 Å². The van der Waals surface area contributed by atoms with Crippen molar-refractivity contribution in [3.05, 3.63) is 54.1 Å².